The summed E-state index contributed by atoms with van der Waals surface area (Å²) in [5, 5.41) is 0. The van der Waals surface area contributed by atoms with Crippen LogP contribution in [0.5, 0.6) is 0 Å². The van der Waals surface area contributed by atoms with Gasteiger partial charge in [0.05, 0.1) is 12.2 Å². The summed E-state index contributed by atoms with van der Waals surface area (Å²) in [6.07, 6.45) is 9.33. The fraction of sp³-hybridized carbons (Fsp3) is 1.00. The summed E-state index contributed by atoms with van der Waals surface area (Å²) in [5.74, 6) is -0.347. The van der Waals surface area contributed by atoms with E-state index in [-0.39, 0.29) is 5.90 Å². The molecule has 3 heteroatoms. The molecule has 66 valence electrons. The summed E-state index contributed by atoms with van der Waals surface area (Å²) in [6.45, 7) is 2.25. The number of rotatable bonds is 7. The van der Waals surface area contributed by atoms with Crippen LogP contribution < -0.4 is 0 Å². The van der Waals surface area contributed by atoms with Gasteiger partial charge in [-0.25, -0.2) is 0 Å². The molecular formula is C8H18PS2+. The van der Waals surface area contributed by atoms with Crippen molar-refractivity contribution >= 4 is 30.0 Å². The minimum atomic E-state index is -0.347. The molecule has 0 spiro atoms. The maximum atomic E-state index is 5.01. The predicted molar refractivity (Wildman–Crippen MR) is 61.5 cm³/mol. The minimum Gasteiger partial charge on any atom is -0.0654 e. The van der Waals surface area contributed by atoms with Crippen molar-refractivity contribution in [1.82, 2.24) is 0 Å². The van der Waals surface area contributed by atoms with Crippen molar-refractivity contribution in [1.29, 1.82) is 0 Å². The van der Waals surface area contributed by atoms with Gasteiger partial charge in [-0.1, -0.05) is 32.6 Å². The van der Waals surface area contributed by atoms with Crippen molar-refractivity contribution in [3.63, 3.8) is 0 Å². The lowest BCUT2D eigenvalue weighted by Crippen LogP contribution is -1.79. The molecule has 1 unspecified atom stereocenters. The van der Waals surface area contributed by atoms with Crippen molar-refractivity contribution in [2.24, 2.45) is 0 Å². The van der Waals surface area contributed by atoms with Gasteiger partial charge in [-0.05, 0) is 12.8 Å². The van der Waals surface area contributed by atoms with E-state index in [9.17, 15) is 0 Å². The van der Waals surface area contributed by atoms with E-state index in [1.807, 2.05) is 0 Å². The van der Waals surface area contributed by atoms with Gasteiger partial charge in [0, 0.05) is 0 Å². The average Bonchev–Trinajstić information content (AvgIpc) is 1.96. The Balaban J connectivity index is 2.85. The standard InChI is InChI=1S/C8H17PS2/c1-2-3-4-5-6-7-8-9(10)11/h2-8H2,1H3/p+1. The summed E-state index contributed by atoms with van der Waals surface area (Å²) in [7, 11) is 0. The Morgan fingerprint density at radius 2 is 1.64 bits per heavy atom. The molecule has 0 aromatic rings. The molecule has 0 saturated carbocycles. The van der Waals surface area contributed by atoms with Crippen LogP contribution in [0.2, 0.25) is 0 Å². The topological polar surface area (TPSA) is 0 Å². The smallest absolute Gasteiger partial charge is 0.0654 e. The number of unbranched alkanes of at least 4 members (excludes halogenated alkanes) is 5. The van der Waals surface area contributed by atoms with Crippen molar-refractivity contribution in [3.05, 3.63) is 0 Å². The molecule has 0 nitrogen and oxygen atoms in total. The third kappa shape index (κ3) is 10.9. The Labute approximate surface area is 81.7 Å². The quantitative estimate of drug-likeness (QED) is 0.373. The SMILES string of the molecule is CCCCCCCC[P+](=S)S. The first-order valence-electron chi connectivity index (χ1n) is 4.41. The molecular weight excluding hydrogens is 191 g/mol. The van der Waals surface area contributed by atoms with E-state index in [1.165, 1.54) is 44.7 Å². The van der Waals surface area contributed by atoms with E-state index in [0.717, 1.165) is 0 Å². The maximum Gasteiger partial charge on any atom is 0.241 e. The van der Waals surface area contributed by atoms with Gasteiger partial charge in [0.25, 0.3) is 0 Å². The molecule has 0 aromatic carbocycles. The number of hydrogen-bond acceptors (Lipinski definition) is 1. The third-order valence-electron chi connectivity index (χ3n) is 1.70. The molecule has 0 heterocycles. The second-order valence-electron chi connectivity index (χ2n) is 2.84. The number of hydrogen-bond donors (Lipinski definition) is 1. The van der Waals surface area contributed by atoms with Gasteiger partial charge in [0.15, 0.2) is 11.8 Å². The first-order chi connectivity index (χ1) is 5.27. The molecule has 0 N–H and O–H groups in total. The monoisotopic (exact) mass is 209 g/mol. The molecule has 0 fully saturated rings. The normalized spacial score (nSPS) is 11.6. The summed E-state index contributed by atoms with van der Waals surface area (Å²) in [5.41, 5.74) is 0. The lowest BCUT2D eigenvalue weighted by Gasteiger charge is -1.95. The number of thiol groups is 1. The molecule has 0 aliphatic heterocycles. The summed E-state index contributed by atoms with van der Waals surface area (Å²) in [6, 6.07) is 0. The zero-order chi connectivity index (χ0) is 8.53. The summed E-state index contributed by atoms with van der Waals surface area (Å²) in [4.78, 5) is 0. The first-order valence-corrected chi connectivity index (χ1v) is 8.10. The highest BCUT2D eigenvalue weighted by Crippen LogP contribution is 2.27. The van der Waals surface area contributed by atoms with Crippen molar-refractivity contribution in [3.8, 4) is 0 Å². The van der Waals surface area contributed by atoms with Gasteiger partial charge in [-0.15, -0.1) is 0 Å². The Kier molecular flexibility index (Phi) is 9.67. The van der Waals surface area contributed by atoms with Crippen LogP contribution in [0.4, 0.5) is 0 Å². The van der Waals surface area contributed by atoms with Crippen molar-refractivity contribution in [2.75, 3.05) is 6.16 Å². The molecule has 0 aliphatic carbocycles. The van der Waals surface area contributed by atoms with Crippen LogP contribution in [0.15, 0.2) is 0 Å². The minimum absolute atomic E-state index is 0.347. The summed E-state index contributed by atoms with van der Waals surface area (Å²) >= 11 is 9.23. The van der Waals surface area contributed by atoms with E-state index in [1.54, 1.807) is 0 Å². The predicted octanol–water partition coefficient (Wildman–Crippen LogP) is 4.14. The Morgan fingerprint density at radius 3 is 2.18 bits per heavy atom. The molecule has 0 saturated heterocycles. The van der Waals surface area contributed by atoms with Crippen molar-refractivity contribution < 1.29 is 0 Å². The fourth-order valence-corrected chi connectivity index (χ4v) is 2.33. The van der Waals surface area contributed by atoms with Gasteiger partial charge in [0.1, 0.15) is 6.16 Å². The van der Waals surface area contributed by atoms with Gasteiger partial charge in [-0.2, -0.15) is 0 Å². The molecule has 0 aromatic heterocycles. The molecule has 0 amide bonds. The second-order valence-corrected chi connectivity index (χ2v) is 7.58. The largest absolute Gasteiger partial charge is 0.241 e. The van der Waals surface area contributed by atoms with Gasteiger partial charge in [0.2, 0.25) is 5.90 Å². The second kappa shape index (κ2) is 8.96. The first kappa shape index (κ1) is 11.9. The molecule has 1 atom stereocenters. The van der Waals surface area contributed by atoms with Crippen molar-refractivity contribution in [2.45, 2.75) is 45.4 Å². The van der Waals surface area contributed by atoms with Crippen LogP contribution in [-0.2, 0) is 11.8 Å². The van der Waals surface area contributed by atoms with Crippen LogP contribution >= 0.6 is 18.1 Å². The lowest BCUT2D eigenvalue weighted by molar-refractivity contribution is 0.627. The Bertz CT molecular complexity index is 104. The molecule has 0 bridgehead atoms. The van der Waals surface area contributed by atoms with E-state index in [4.69, 9.17) is 11.8 Å². The van der Waals surface area contributed by atoms with E-state index in [2.05, 4.69) is 19.2 Å². The van der Waals surface area contributed by atoms with Crippen LogP contribution in [0.1, 0.15) is 45.4 Å². The highest BCUT2D eigenvalue weighted by molar-refractivity contribution is 8.56. The van der Waals surface area contributed by atoms with Crippen LogP contribution in [-0.4, -0.2) is 6.16 Å². The van der Waals surface area contributed by atoms with Crippen LogP contribution in [0.3, 0.4) is 0 Å². The zero-order valence-electron chi connectivity index (χ0n) is 7.25. The third-order valence-corrected chi connectivity index (χ3v) is 3.55. The van der Waals surface area contributed by atoms with Gasteiger partial charge in [-0.3, -0.25) is 0 Å². The van der Waals surface area contributed by atoms with E-state index < -0.39 is 0 Å². The average molecular weight is 209 g/mol. The molecule has 0 aliphatic rings. The fourth-order valence-electron chi connectivity index (χ4n) is 1.03. The Hall–Kier alpha value is 0.870. The molecule has 0 rings (SSSR count). The molecule has 0 radical (unpaired) electrons. The van der Waals surface area contributed by atoms with E-state index in [0.29, 0.717) is 0 Å². The highest BCUT2D eigenvalue weighted by atomic mass is 32.9. The van der Waals surface area contributed by atoms with E-state index >= 15 is 0 Å². The maximum absolute atomic E-state index is 5.01. The van der Waals surface area contributed by atoms with Gasteiger partial charge < -0.3 is 0 Å². The Morgan fingerprint density at radius 1 is 1.09 bits per heavy atom. The van der Waals surface area contributed by atoms with Crippen LogP contribution in [0.25, 0.3) is 0 Å². The van der Waals surface area contributed by atoms with Gasteiger partial charge >= 0.3 is 0 Å². The molecule has 11 heavy (non-hydrogen) atoms. The highest BCUT2D eigenvalue weighted by Gasteiger charge is 2.00. The van der Waals surface area contributed by atoms with Crippen LogP contribution in [0, 0.1) is 0 Å². The summed E-state index contributed by atoms with van der Waals surface area (Å²) < 4.78 is 0. The zero-order valence-corrected chi connectivity index (χ0v) is 9.86. The lowest BCUT2D eigenvalue weighted by atomic mass is 10.1.